The number of para-hydroxylation sites is 1. The summed E-state index contributed by atoms with van der Waals surface area (Å²) >= 11 is 0. The standard InChI is InChI=1S/C16H12N2O2/c1-2-11-12-5-3-4-6-14(12)20-15(11)13-8-7-10(9-17)16(19)18-13/h3-8H,2H2,1H3,(H,18,19). The van der Waals surface area contributed by atoms with Crippen molar-refractivity contribution >= 4 is 11.0 Å². The van der Waals surface area contributed by atoms with Crippen molar-refractivity contribution in [3.05, 3.63) is 57.9 Å². The number of rotatable bonds is 2. The van der Waals surface area contributed by atoms with E-state index in [0.717, 1.165) is 23.0 Å². The van der Waals surface area contributed by atoms with E-state index in [9.17, 15) is 4.79 Å². The lowest BCUT2D eigenvalue weighted by molar-refractivity contribution is 0.624. The van der Waals surface area contributed by atoms with Crippen LogP contribution < -0.4 is 5.56 Å². The van der Waals surface area contributed by atoms with Crippen LogP contribution in [0, 0.1) is 11.3 Å². The van der Waals surface area contributed by atoms with Crippen LogP contribution in [0.25, 0.3) is 22.4 Å². The molecule has 20 heavy (non-hydrogen) atoms. The van der Waals surface area contributed by atoms with E-state index in [0.29, 0.717) is 11.5 Å². The third-order valence-corrected chi connectivity index (χ3v) is 3.33. The third-order valence-electron chi connectivity index (χ3n) is 3.33. The Labute approximate surface area is 115 Å². The number of aromatic nitrogens is 1. The van der Waals surface area contributed by atoms with Crippen LogP contribution in [0.4, 0.5) is 0 Å². The molecule has 0 aliphatic heterocycles. The van der Waals surface area contributed by atoms with Crippen molar-refractivity contribution in [2.45, 2.75) is 13.3 Å². The molecule has 4 heteroatoms. The van der Waals surface area contributed by atoms with Gasteiger partial charge in [0.05, 0.1) is 5.69 Å². The molecule has 0 amide bonds. The van der Waals surface area contributed by atoms with Gasteiger partial charge in [0.25, 0.3) is 5.56 Å². The molecule has 0 saturated carbocycles. The van der Waals surface area contributed by atoms with Crippen LogP contribution in [-0.4, -0.2) is 4.98 Å². The number of hydrogen-bond donors (Lipinski definition) is 1. The first-order valence-corrected chi connectivity index (χ1v) is 6.38. The van der Waals surface area contributed by atoms with Gasteiger partial charge in [-0.1, -0.05) is 25.1 Å². The van der Waals surface area contributed by atoms with Crippen LogP contribution >= 0.6 is 0 Å². The summed E-state index contributed by atoms with van der Waals surface area (Å²) in [5.74, 6) is 0.662. The summed E-state index contributed by atoms with van der Waals surface area (Å²) in [6.07, 6.45) is 0.800. The molecule has 2 heterocycles. The number of nitriles is 1. The SMILES string of the molecule is CCc1c(-c2ccc(C#N)c(=O)[nH]2)oc2ccccc12. The molecule has 4 nitrogen and oxygen atoms in total. The van der Waals surface area contributed by atoms with E-state index in [2.05, 4.69) is 4.98 Å². The van der Waals surface area contributed by atoms with Gasteiger partial charge in [0, 0.05) is 10.9 Å². The highest BCUT2D eigenvalue weighted by Crippen LogP contribution is 2.32. The van der Waals surface area contributed by atoms with E-state index >= 15 is 0 Å². The molecular weight excluding hydrogens is 252 g/mol. The second-order valence-electron chi connectivity index (χ2n) is 4.49. The molecular formula is C16H12N2O2. The molecule has 1 N–H and O–H groups in total. The van der Waals surface area contributed by atoms with Crippen LogP contribution in [0.3, 0.4) is 0 Å². The van der Waals surface area contributed by atoms with Gasteiger partial charge in [-0.3, -0.25) is 4.79 Å². The minimum absolute atomic E-state index is 0.0999. The average Bonchev–Trinajstić information content (AvgIpc) is 2.85. The molecule has 98 valence electrons. The van der Waals surface area contributed by atoms with Crippen molar-refractivity contribution in [3.8, 4) is 17.5 Å². The Bertz CT molecular complexity index is 881. The van der Waals surface area contributed by atoms with Crippen LogP contribution in [0.1, 0.15) is 18.1 Å². The fourth-order valence-electron chi connectivity index (χ4n) is 2.36. The summed E-state index contributed by atoms with van der Waals surface area (Å²) in [5.41, 5.74) is 2.16. The predicted molar refractivity (Wildman–Crippen MR) is 76.4 cm³/mol. The first-order valence-electron chi connectivity index (χ1n) is 6.38. The summed E-state index contributed by atoms with van der Waals surface area (Å²) in [6.45, 7) is 2.04. The Morgan fingerprint density at radius 1 is 1.25 bits per heavy atom. The molecule has 0 aliphatic rings. The first kappa shape index (κ1) is 12.2. The van der Waals surface area contributed by atoms with Gasteiger partial charge in [-0.15, -0.1) is 0 Å². The quantitative estimate of drug-likeness (QED) is 0.772. The zero-order chi connectivity index (χ0) is 14.1. The Hall–Kier alpha value is -2.80. The second kappa shape index (κ2) is 4.71. The van der Waals surface area contributed by atoms with Crippen molar-refractivity contribution in [2.24, 2.45) is 0 Å². The predicted octanol–water partition coefficient (Wildman–Crippen LogP) is 3.22. The maximum absolute atomic E-state index is 11.7. The van der Waals surface area contributed by atoms with Crippen LogP contribution in [0.2, 0.25) is 0 Å². The van der Waals surface area contributed by atoms with Crippen LogP contribution in [-0.2, 0) is 6.42 Å². The first-order chi connectivity index (χ1) is 9.74. The van der Waals surface area contributed by atoms with E-state index in [1.165, 1.54) is 6.07 Å². The number of furan rings is 1. The molecule has 0 saturated heterocycles. The average molecular weight is 264 g/mol. The zero-order valence-corrected chi connectivity index (χ0v) is 10.9. The smallest absolute Gasteiger partial charge is 0.266 e. The Morgan fingerprint density at radius 3 is 2.75 bits per heavy atom. The fraction of sp³-hybridized carbons (Fsp3) is 0.125. The van der Waals surface area contributed by atoms with Gasteiger partial charge in [-0.2, -0.15) is 5.26 Å². The number of nitrogens with one attached hydrogen (secondary N) is 1. The number of aromatic amines is 1. The fourth-order valence-corrected chi connectivity index (χ4v) is 2.36. The van der Waals surface area contributed by atoms with Crippen LogP contribution in [0.5, 0.6) is 0 Å². The molecule has 0 unspecified atom stereocenters. The molecule has 1 aromatic carbocycles. The van der Waals surface area contributed by atoms with Gasteiger partial charge in [0.2, 0.25) is 0 Å². The number of fused-ring (bicyclic) bond motifs is 1. The van der Waals surface area contributed by atoms with Crippen molar-refractivity contribution in [2.75, 3.05) is 0 Å². The summed E-state index contributed by atoms with van der Waals surface area (Å²) in [7, 11) is 0. The number of benzene rings is 1. The third kappa shape index (κ3) is 1.81. The lowest BCUT2D eigenvalue weighted by Crippen LogP contribution is -2.10. The number of H-pyrrole nitrogens is 1. The lowest BCUT2D eigenvalue weighted by atomic mass is 10.1. The van der Waals surface area contributed by atoms with Crippen molar-refractivity contribution in [1.29, 1.82) is 5.26 Å². The van der Waals surface area contributed by atoms with E-state index in [1.54, 1.807) is 6.07 Å². The molecule has 0 bridgehead atoms. The summed E-state index contributed by atoms with van der Waals surface area (Å²) < 4.78 is 5.85. The van der Waals surface area contributed by atoms with Crippen molar-refractivity contribution in [1.82, 2.24) is 4.98 Å². The van der Waals surface area contributed by atoms with E-state index in [-0.39, 0.29) is 5.56 Å². The van der Waals surface area contributed by atoms with E-state index in [4.69, 9.17) is 9.68 Å². The molecule has 0 spiro atoms. The van der Waals surface area contributed by atoms with Gasteiger partial charge < -0.3 is 9.40 Å². The van der Waals surface area contributed by atoms with Gasteiger partial charge in [0.1, 0.15) is 17.2 Å². The molecule has 0 fully saturated rings. The Balaban J connectivity index is 2.27. The van der Waals surface area contributed by atoms with Gasteiger partial charge in [-0.25, -0.2) is 0 Å². The van der Waals surface area contributed by atoms with Crippen molar-refractivity contribution < 1.29 is 4.42 Å². The van der Waals surface area contributed by atoms with E-state index in [1.807, 2.05) is 37.3 Å². The van der Waals surface area contributed by atoms with Gasteiger partial charge in [0.15, 0.2) is 5.76 Å². The highest BCUT2D eigenvalue weighted by atomic mass is 16.3. The maximum atomic E-state index is 11.7. The normalized spacial score (nSPS) is 10.6. The summed E-state index contributed by atoms with van der Waals surface area (Å²) in [4.78, 5) is 14.4. The molecule has 3 aromatic rings. The Kier molecular flexibility index (Phi) is 2.88. The number of hydrogen-bond acceptors (Lipinski definition) is 3. The topological polar surface area (TPSA) is 69.8 Å². The second-order valence-corrected chi connectivity index (χ2v) is 4.49. The largest absolute Gasteiger partial charge is 0.454 e. The van der Waals surface area contributed by atoms with Crippen LogP contribution in [0.15, 0.2) is 45.6 Å². The molecule has 0 radical (unpaired) electrons. The van der Waals surface area contributed by atoms with Gasteiger partial charge in [-0.05, 0) is 24.6 Å². The monoisotopic (exact) mass is 264 g/mol. The maximum Gasteiger partial charge on any atom is 0.266 e. The number of aryl methyl sites for hydroxylation is 1. The molecule has 3 rings (SSSR count). The van der Waals surface area contributed by atoms with Gasteiger partial charge >= 0.3 is 0 Å². The summed E-state index contributed by atoms with van der Waals surface area (Å²) in [5, 5.41) is 9.85. The zero-order valence-electron chi connectivity index (χ0n) is 10.9. The number of nitrogens with zero attached hydrogens (tertiary/aromatic N) is 1. The lowest BCUT2D eigenvalue weighted by Gasteiger charge is -2.00. The highest BCUT2D eigenvalue weighted by molar-refractivity contribution is 5.87. The molecule has 0 atom stereocenters. The van der Waals surface area contributed by atoms with Crippen molar-refractivity contribution in [3.63, 3.8) is 0 Å². The molecule has 2 aromatic heterocycles. The van der Waals surface area contributed by atoms with E-state index < -0.39 is 5.56 Å². The highest BCUT2D eigenvalue weighted by Gasteiger charge is 2.15. The number of pyridine rings is 1. The molecule has 0 aliphatic carbocycles. The minimum atomic E-state index is -0.396. The minimum Gasteiger partial charge on any atom is -0.454 e. The summed E-state index contributed by atoms with van der Waals surface area (Å²) in [6, 6.07) is 12.9. The Morgan fingerprint density at radius 2 is 2.05 bits per heavy atom.